The third-order valence-corrected chi connectivity index (χ3v) is 6.05. The highest BCUT2D eigenvalue weighted by Gasteiger charge is 2.23. The average molecular weight is 554 g/mol. The van der Waals surface area contributed by atoms with Crippen molar-refractivity contribution in [1.29, 1.82) is 0 Å². The molecule has 0 bridgehead atoms. The molecule has 4 aromatic carbocycles. The molecule has 204 valence electrons. The summed E-state index contributed by atoms with van der Waals surface area (Å²) in [5, 5.41) is 22.9. The lowest BCUT2D eigenvalue weighted by molar-refractivity contribution is -0.385. The second kappa shape index (κ2) is 10.6. The number of fused-ring (bicyclic) bond motifs is 2. The minimum absolute atomic E-state index is 0.0104. The van der Waals surface area contributed by atoms with Crippen molar-refractivity contribution < 1.29 is 33.5 Å². The first-order valence-electron chi connectivity index (χ1n) is 12.1. The maximum Gasteiger partial charge on any atom is 0.282 e. The summed E-state index contributed by atoms with van der Waals surface area (Å²) in [7, 11) is 0. The number of ether oxygens (including phenoxy) is 5. The summed E-state index contributed by atoms with van der Waals surface area (Å²) >= 11 is 0. The predicted molar refractivity (Wildman–Crippen MR) is 146 cm³/mol. The molecule has 0 atom stereocenters. The molecule has 6 rings (SSSR count). The first-order valence-corrected chi connectivity index (χ1v) is 12.1. The number of nitrogens with zero attached hydrogens (tertiary/aromatic N) is 4. The minimum Gasteiger partial charge on any atom is -0.457 e. The molecule has 0 aromatic heterocycles. The Hall–Kier alpha value is -5.98. The van der Waals surface area contributed by atoms with Gasteiger partial charge in [-0.2, -0.15) is 0 Å². The highest BCUT2D eigenvalue weighted by molar-refractivity contribution is 5.89. The summed E-state index contributed by atoms with van der Waals surface area (Å²) in [6.07, 6.45) is 2.79. The Labute approximate surface area is 231 Å². The van der Waals surface area contributed by atoms with E-state index in [9.17, 15) is 20.2 Å². The summed E-state index contributed by atoms with van der Waals surface area (Å²) in [6.45, 7) is 0.0207. The molecular formula is C28H18N4O9. The van der Waals surface area contributed by atoms with E-state index >= 15 is 0 Å². The molecular weight excluding hydrogens is 536 g/mol. The van der Waals surface area contributed by atoms with Gasteiger partial charge in [-0.15, -0.1) is 0 Å². The molecule has 0 saturated carbocycles. The van der Waals surface area contributed by atoms with Crippen LogP contribution in [0.4, 0.5) is 22.7 Å². The Kier molecular flexibility index (Phi) is 6.57. The fraction of sp³-hybridized carbons (Fsp3) is 0.0714. The maximum atomic E-state index is 11.4. The van der Waals surface area contributed by atoms with Crippen molar-refractivity contribution in [3.8, 4) is 34.5 Å². The molecule has 13 heteroatoms. The zero-order chi connectivity index (χ0) is 28.3. The topological polar surface area (TPSA) is 157 Å². The van der Waals surface area contributed by atoms with E-state index in [0.29, 0.717) is 45.9 Å². The van der Waals surface area contributed by atoms with E-state index in [4.69, 9.17) is 23.7 Å². The van der Waals surface area contributed by atoms with Crippen LogP contribution in [-0.4, -0.2) is 35.9 Å². The summed E-state index contributed by atoms with van der Waals surface area (Å²) in [4.78, 5) is 30.5. The highest BCUT2D eigenvalue weighted by atomic mass is 16.7. The second-order valence-electron chi connectivity index (χ2n) is 8.65. The standard InChI is InChI=1S/C28H18N4O9/c33-31(34)23-11-27-25(37-15-39-27)9-17(23)13-29-19-1-5-21(6-2-19)41-22-7-3-20(4-8-22)30-14-18-10-26-28(40-16-38-26)12-24(18)32(35)36/h1-14H,15-16H2. The van der Waals surface area contributed by atoms with Crippen LogP contribution in [0.1, 0.15) is 11.1 Å². The first kappa shape index (κ1) is 25.3. The van der Waals surface area contributed by atoms with Crippen LogP contribution in [0, 0.1) is 20.2 Å². The molecule has 13 nitrogen and oxygen atoms in total. The lowest BCUT2D eigenvalue weighted by Crippen LogP contribution is -1.94. The Balaban J connectivity index is 1.11. The minimum atomic E-state index is -0.502. The van der Waals surface area contributed by atoms with Crippen molar-refractivity contribution in [2.45, 2.75) is 0 Å². The molecule has 2 aliphatic rings. The molecule has 0 unspecified atom stereocenters. The van der Waals surface area contributed by atoms with Gasteiger partial charge in [-0.3, -0.25) is 30.2 Å². The lowest BCUT2D eigenvalue weighted by atomic mass is 10.1. The van der Waals surface area contributed by atoms with E-state index < -0.39 is 9.85 Å². The monoisotopic (exact) mass is 554 g/mol. The Bertz CT molecular complexity index is 1590. The van der Waals surface area contributed by atoms with Gasteiger partial charge >= 0.3 is 0 Å². The Morgan fingerprint density at radius 2 is 0.976 bits per heavy atom. The van der Waals surface area contributed by atoms with E-state index in [-0.39, 0.29) is 36.1 Å². The van der Waals surface area contributed by atoms with E-state index in [1.807, 2.05) is 0 Å². The van der Waals surface area contributed by atoms with Crippen LogP contribution in [0.2, 0.25) is 0 Å². The number of nitro groups is 2. The van der Waals surface area contributed by atoms with Crippen LogP contribution >= 0.6 is 0 Å². The van der Waals surface area contributed by atoms with Gasteiger partial charge in [0.05, 0.1) is 44.5 Å². The summed E-state index contributed by atoms with van der Waals surface area (Å²) < 4.78 is 26.9. The molecule has 0 aliphatic carbocycles. The maximum absolute atomic E-state index is 11.4. The Morgan fingerprint density at radius 1 is 0.610 bits per heavy atom. The second-order valence-corrected chi connectivity index (χ2v) is 8.65. The zero-order valence-electron chi connectivity index (χ0n) is 21.0. The van der Waals surface area contributed by atoms with E-state index in [0.717, 1.165) is 0 Å². The Morgan fingerprint density at radius 3 is 1.34 bits per heavy atom. The van der Waals surface area contributed by atoms with Crippen LogP contribution in [0.3, 0.4) is 0 Å². The third kappa shape index (κ3) is 5.45. The fourth-order valence-electron chi connectivity index (χ4n) is 4.04. The van der Waals surface area contributed by atoms with E-state index in [2.05, 4.69) is 9.98 Å². The molecule has 4 aromatic rings. The largest absolute Gasteiger partial charge is 0.457 e. The van der Waals surface area contributed by atoms with Gasteiger partial charge in [-0.1, -0.05) is 0 Å². The molecule has 0 N–H and O–H groups in total. The molecule has 0 spiro atoms. The lowest BCUT2D eigenvalue weighted by Gasteiger charge is -2.06. The van der Waals surface area contributed by atoms with Gasteiger partial charge in [0.15, 0.2) is 23.0 Å². The van der Waals surface area contributed by atoms with E-state index in [1.54, 1.807) is 48.5 Å². The molecule has 0 saturated heterocycles. The number of nitro benzene ring substituents is 2. The number of benzene rings is 4. The van der Waals surface area contributed by atoms with Crippen molar-refractivity contribution in [2.75, 3.05) is 13.6 Å². The molecule has 41 heavy (non-hydrogen) atoms. The van der Waals surface area contributed by atoms with Crippen LogP contribution in [0.5, 0.6) is 34.5 Å². The van der Waals surface area contributed by atoms with Gasteiger partial charge in [0, 0.05) is 12.4 Å². The number of hydrogen-bond donors (Lipinski definition) is 0. The zero-order valence-corrected chi connectivity index (χ0v) is 21.0. The quantitative estimate of drug-likeness (QED) is 0.139. The normalized spacial score (nSPS) is 13.2. The van der Waals surface area contributed by atoms with Crippen molar-refractivity contribution in [3.05, 3.63) is 104 Å². The number of aliphatic imine (C=N–C) groups is 2. The van der Waals surface area contributed by atoms with Gasteiger partial charge in [0.2, 0.25) is 13.6 Å². The van der Waals surface area contributed by atoms with E-state index in [1.165, 1.54) is 36.7 Å². The number of hydrogen-bond acceptors (Lipinski definition) is 11. The van der Waals surface area contributed by atoms with Crippen LogP contribution in [0.25, 0.3) is 0 Å². The first-order chi connectivity index (χ1) is 19.9. The molecule has 2 aliphatic heterocycles. The summed E-state index contributed by atoms with van der Waals surface area (Å²) in [6, 6.07) is 19.4. The van der Waals surface area contributed by atoms with Crippen molar-refractivity contribution in [3.63, 3.8) is 0 Å². The molecule has 0 radical (unpaired) electrons. The molecule has 0 amide bonds. The molecule has 0 fully saturated rings. The fourth-order valence-corrected chi connectivity index (χ4v) is 4.04. The SMILES string of the molecule is O=[N+]([O-])c1cc2c(cc1C=Nc1ccc(Oc3ccc(N=Cc4cc5c(cc4[N+](=O)[O-])OCO5)cc3)cc1)OCO2. The van der Waals surface area contributed by atoms with Crippen LogP contribution in [-0.2, 0) is 0 Å². The van der Waals surface area contributed by atoms with Gasteiger partial charge < -0.3 is 23.7 Å². The van der Waals surface area contributed by atoms with Gasteiger partial charge in [-0.05, 0) is 60.7 Å². The van der Waals surface area contributed by atoms with Gasteiger partial charge in [-0.25, -0.2) is 0 Å². The van der Waals surface area contributed by atoms with Gasteiger partial charge in [0.25, 0.3) is 11.4 Å². The smallest absolute Gasteiger partial charge is 0.282 e. The van der Waals surface area contributed by atoms with Crippen molar-refractivity contribution in [2.24, 2.45) is 9.98 Å². The van der Waals surface area contributed by atoms with Crippen LogP contribution < -0.4 is 23.7 Å². The van der Waals surface area contributed by atoms with Crippen molar-refractivity contribution >= 4 is 35.2 Å². The highest BCUT2D eigenvalue weighted by Crippen LogP contribution is 2.38. The third-order valence-electron chi connectivity index (χ3n) is 6.05. The number of rotatable bonds is 8. The average Bonchev–Trinajstić information content (AvgIpc) is 3.64. The van der Waals surface area contributed by atoms with Crippen molar-refractivity contribution in [1.82, 2.24) is 0 Å². The summed E-state index contributed by atoms with van der Waals surface area (Å²) in [5.74, 6) is 2.58. The predicted octanol–water partition coefficient (Wildman–Crippen LogP) is 6.25. The molecule has 2 heterocycles. The summed E-state index contributed by atoms with van der Waals surface area (Å²) in [5.41, 5.74) is 1.42. The van der Waals surface area contributed by atoms with Crippen LogP contribution in [0.15, 0.2) is 82.8 Å². The van der Waals surface area contributed by atoms with Gasteiger partial charge in [0.1, 0.15) is 11.5 Å².